The molecule has 2 aliphatic rings. The van der Waals surface area contributed by atoms with Crippen molar-refractivity contribution in [2.24, 2.45) is 0 Å². The van der Waals surface area contributed by atoms with Crippen LogP contribution >= 0.6 is 34.5 Å². The summed E-state index contributed by atoms with van der Waals surface area (Å²) in [7, 11) is 2.98. The van der Waals surface area contributed by atoms with Gasteiger partial charge >= 0.3 is 6.01 Å². The van der Waals surface area contributed by atoms with Gasteiger partial charge in [0.2, 0.25) is 12.7 Å². The molecule has 2 aliphatic heterocycles. The number of rotatable bonds is 6. The van der Waals surface area contributed by atoms with Crippen molar-refractivity contribution >= 4 is 46.1 Å². The third kappa shape index (κ3) is 3.76. The van der Waals surface area contributed by atoms with Crippen LogP contribution in [-0.2, 0) is 0 Å². The molecule has 0 spiro atoms. The fourth-order valence-electron chi connectivity index (χ4n) is 4.77. The molecule has 0 N–H and O–H groups in total. The first-order valence-corrected chi connectivity index (χ1v) is 13.1. The average Bonchev–Trinajstić information content (AvgIpc) is 3.67. The fourth-order valence-corrected chi connectivity index (χ4v) is 6.17. The molecule has 5 heterocycles. The van der Waals surface area contributed by atoms with Crippen molar-refractivity contribution in [3.63, 3.8) is 0 Å². The molecule has 3 aromatic heterocycles. The van der Waals surface area contributed by atoms with Crippen molar-refractivity contribution in [2.75, 3.05) is 25.9 Å². The second kappa shape index (κ2) is 9.33. The third-order valence-corrected chi connectivity index (χ3v) is 7.90. The first kappa shape index (κ1) is 24.8. The van der Waals surface area contributed by atoms with Crippen LogP contribution in [-0.4, -0.2) is 46.4 Å². The SMILES string of the molecule is COc1ncc(-c2nc3c(n2C(C)C)C(c2ccc(Cl)s2)N(c2cc4c(cc2Cl)OCO4)C3=O)c(OC)n1. The number of amides is 1. The van der Waals surface area contributed by atoms with Gasteiger partial charge in [0.25, 0.3) is 5.91 Å². The maximum Gasteiger partial charge on any atom is 0.319 e. The van der Waals surface area contributed by atoms with E-state index in [1.54, 1.807) is 29.3 Å². The number of hydrogen-bond donors (Lipinski definition) is 0. The van der Waals surface area contributed by atoms with Crippen LogP contribution in [0.4, 0.5) is 5.69 Å². The zero-order valence-corrected chi connectivity index (χ0v) is 23.0. The van der Waals surface area contributed by atoms with E-state index in [0.29, 0.717) is 43.6 Å². The van der Waals surface area contributed by atoms with Crippen molar-refractivity contribution in [1.82, 2.24) is 19.5 Å². The second-order valence-corrected chi connectivity index (χ2v) is 10.9. The van der Waals surface area contributed by atoms with Crippen molar-refractivity contribution < 1.29 is 23.7 Å². The highest BCUT2D eigenvalue weighted by Gasteiger charge is 2.46. The van der Waals surface area contributed by atoms with Crippen molar-refractivity contribution in [2.45, 2.75) is 25.9 Å². The maximum absolute atomic E-state index is 14.1. The van der Waals surface area contributed by atoms with Gasteiger partial charge in [-0.15, -0.1) is 11.3 Å². The Bertz CT molecular complexity index is 1590. The van der Waals surface area contributed by atoms with Crippen LogP contribution in [0.15, 0.2) is 30.5 Å². The molecule has 1 aromatic carbocycles. The van der Waals surface area contributed by atoms with Gasteiger partial charge in [0, 0.05) is 29.2 Å². The number of carbonyl (C=O) groups excluding carboxylic acids is 1. The molecule has 0 radical (unpaired) electrons. The van der Waals surface area contributed by atoms with Crippen LogP contribution in [0.3, 0.4) is 0 Å². The molecule has 10 nitrogen and oxygen atoms in total. The highest BCUT2D eigenvalue weighted by atomic mass is 35.5. The molecule has 1 atom stereocenters. The number of aromatic nitrogens is 4. The molecule has 0 fully saturated rings. The second-order valence-electron chi connectivity index (χ2n) is 8.79. The predicted molar refractivity (Wildman–Crippen MR) is 142 cm³/mol. The van der Waals surface area contributed by atoms with Crippen LogP contribution in [0, 0.1) is 0 Å². The zero-order chi connectivity index (χ0) is 26.7. The molecule has 4 aromatic rings. The molecular formula is C25H21Cl2N5O5S. The average molecular weight is 574 g/mol. The van der Waals surface area contributed by atoms with Crippen LogP contribution in [0.25, 0.3) is 11.4 Å². The van der Waals surface area contributed by atoms with Gasteiger partial charge in [0.1, 0.15) is 11.9 Å². The molecule has 13 heteroatoms. The van der Waals surface area contributed by atoms with E-state index < -0.39 is 6.04 Å². The summed E-state index contributed by atoms with van der Waals surface area (Å²) < 4.78 is 24.3. The van der Waals surface area contributed by atoms with E-state index in [0.717, 1.165) is 4.88 Å². The first-order valence-electron chi connectivity index (χ1n) is 11.6. The van der Waals surface area contributed by atoms with Gasteiger partial charge in [0.15, 0.2) is 17.2 Å². The Labute approximate surface area is 231 Å². The standard InChI is InChI=1S/C25H21Cl2N5O5S/c1-11(2)31-21-19(29-22(31)12-9-28-25(35-4)30-23(12)34-3)24(33)32(20(21)17-5-6-18(27)38-17)14-8-16-15(7-13(14)26)36-10-37-16/h5-9,11,20H,10H2,1-4H3. The number of imidazole rings is 1. The minimum Gasteiger partial charge on any atom is -0.480 e. The number of nitrogens with zero attached hydrogens (tertiary/aromatic N) is 5. The minimum atomic E-state index is -0.554. The Morgan fingerprint density at radius 2 is 1.87 bits per heavy atom. The number of anilines is 1. The monoisotopic (exact) mass is 573 g/mol. The number of fused-ring (bicyclic) bond motifs is 2. The molecule has 196 valence electrons. The molecule has 1 unspecified atom stereocenters. The molecule has 0 saturated heterocycles. The Balaban J connectivity index is 1.59. The summed E-state index contributed by atoms with van der Waals surface area (Å²) in [6.45, 7) is 4.12. The predicted octanol–water partition coefficient (Wildman–Crippen LogP) is 5.79. The molecule has 38 heavy (non-hydrogen) atoms. The summed E-state index contributed by atoms with van der Waals surface area (Å²) in [5.74, 6) is 1.50. The molecule has 0 aliphatic carbocycles. The fraction of sp³-hybridized carbons (Fsp3) is 0.280. The number of hydrogen-bond acceptors (Lipinski definition) is 9. The number of benzene rings is 1. The maximum atomic E-state index is 14.1. The van der Waals surface area contributed by atoms with Gasteiger partial charge in [-0.25, -0.2) is 9.97 Å². The summed E-state index contributed by atoms with van der Waals surface area (Å²) in [6.07, 6.45) is 1.58. The number of thiophene rings is 1. The van der Waals surface area contributed by atoms with Gasteiger partial charge in [-0.3, -0.25) is 9.69 Å². The van der Waals surface area contributed by atoms with E-state index in [1.807, 2.05) is 24.5 Å². The molecule has 0 saturated carbocycles. The number of ether oxygens (including phenoxy) is 4. The highest BCUT2D eigenvalue weighted by molar-refractivity contribution is 7.16. The third-order valence-electron chi connectivity index (χ3n) is 6.32. The summed E-state index contributed by atoms with van der Waals surface area (Å²) in [5.41, 5.74) is 2.00. The Kier molecular flexibility index (Phi) is 6.09. The van der Waals surface area contributed by atoms with E-state index in [1.165, 1.54) is 25.6 Å². The van der Waals surface area contributed by atoms with Crippen LogP contribution in [0.1, 0.15) is 47.0 Å². The lowest BCUT2D eigenvalue weighted by molar-refractivity contribution is 0.0989. The first-order chi connectivity index (χ1) is 18.3. The molecule has 6 rings (SSSR count). The minimum absolute atomic E-state index is 0.0856. The molecule has 0 bridgehead atoms. The summed E-state index contributed by atoms with van der Waals surface area (Å²) in [4.78, 5) is 30.0. The van der Waals surface area contributed by atoms with Gasteiger partial charge in [-0.1, -0.05) is 23.2 Å². The Morgan fingerprint density at radius 1 is 1.11 bits per heavy atom. The summed E-state index contributed by atoms with van der Waals surface area (Å²) in [6, 6.07) is 6.60. The van der Waals surface area contributed by atoms with Gasteiger partial charge in [0.05, 0.1) is 40.5 Å². The highest BCUT2D eigenvalue weighted by Crippen LogP contribution is 2.50. The zero-order valence-electron chi connectivity index (χ0n) is 20.7. The van der Waals surface area contributed by atoms with E-state index in [9.17, 15) is 4.79 Å². The van der Waals surface area contributed by atoms with E-state index in [4.69, 9.17) is 47.1 Å². The van der Waals surface area contributed by atoms with Crippen molar-refractivity contribution in [1.29, 1.82) is 0 Å². The number of halogens is 2. The van der Waals surface area contributed by atoms with Crippen LogP contribution in [0.5, 0.6) is 23.4 Å². The smallest absolute Gasteiger partial charge is 0.319 e. The van der Waals surface area contributed by atoms with Crippen molar-refractivity contribution in [3.8, 4) is 34.8 Å². The Hall–Kier alpha value is -3.54. The Morgan fingerprint density at radius 3 is 2.53 bits per heavy atom. The lowest BCUT2D eigenvalue weighted by Gasteiger charge is -2.28. The largest absolute Gasteiger partial charge is 0.480 e. The van der Waals surface area contributed by atoms with E-state index >= 15 is 0 Å². The van der Waals surface area contributed by atoms with Gasteiger partial charge in [-0.2, -0.15) is 4.98 Å². The van der Waals surface area contributed by atoms with Gasteiger partial charge < -0.3 is 23.5 Å². The quantitative estimate of drug-likeness (QED) is 0.286. The lowest BCUT2D eigenvalue weighted by Crippen LogP contribution is -2.30. The number of carbonyl (C=O) groups is 1. The lowest BCUT2D eigenvalue weighted by atomic mass is 10.1. The van der Waals surface area contributed by atoms with E-state index in [2.05, 4.69) is 9.97 Å². The molecule has 1 amide bonds. The summed E-state index contributed by atoms with van der Waals surface area (Å²) >= 11 is 14.4. The normalized spacial score (nSPS) is 15.9. The topological polar surface area (TPSA) is 101 Å². The van der Waals surface area contributed by atoms with Gasteiger partial charge in [-0.05, 0) is 26.0 Å². The van der Waals surface area contributed by atoms with Crippen LogP contribution < -0.4 is 23.8 Å². The summed E-state index contributed by atoms with van der Waals surface area (Å²) in [5, 5.41) is 0.349. The van der Waals surface area contributed by atoms with Crippen molar-refractivity contribution in [3.05, 3.63) is 56.1 Å². The van der Waals surface area contributed by atoms with Crippen LogP contribution in [0.2, 0.25) is 9.36 Å². The van der Waals surface area contributed by atoms with E-state index in [-0.39, 0.29) is 36.3 Å². The molecular weight excluding hydrogens is 553 g/mol. The number of methoxy groups -OCH3 is 2.